The van der Waals surface area contributed by atoms with Crippen molar-refractivity contribution in [2.45, 2.75) is 122 Å². The number of nitrogens with zero attached hydrogens (tertiary/aromatic N) is 2. The molecule has 6 atom stereocenters. The molecule has 22 heteroatoms. The van der Waals surface area contributed by atoms with Gasteiger partial charge in [-0.05, 0) is 87.9 Å². The minimum absolute atomic E-state index is 0.00704. The van der Waals surface area contributed by atoms with Crippen LogP contribution in [-0.2, 0) is 35.2 Å². The van der Waals surface area contributed by atoms with Gasteiger partial charge in [0.05, 0.1) is 5.02 Å². The van der Waals surface area contributed by atoms with Crippen LogP contribution < -0.4 is 43.8 Å². The SMILES string of the molecule is CC(C)C[C@H](NC(=O)[C@H](C)NC(=O)[C@H](CCCCN)NC(=O)N[C@H](CCCN=C(N)N)C(=O)O)C(=O)N(C)[C@@H](CC(C)C)C(=O)N[C@@H](Cc1c[nH]c2cc(Cl)c(O)cc12)C(=O)O. The Morgan fingerprint density at radius 3 is 1.95 bits per heavy atom. The first kappa shape index (κ1) is 52.3. The fourth-order valence-corrected chi connectivity index (χ4v) is 6.75. The predicted octanol–water partition coefficient (Wildman–Crippen LogP) is 0.851. The number of urea groups is 1. The summed E-state index contributed by atoms with van der Waals surface area (Å²) in [6, 6.07) is -5.53. The smallest absolute Gasteiger partial charge is 0.326 e. The Labute approximate surface area is 365 Å². The van der Waals surface area contributed by atoms with Gasteiger partial charge in [0.25, 0.3) is 0 Å². The van der Waals surface area contributed by atoms with E-state index in [1.165, 1.54) is 31.0 Å². The van der Waals surface area contributed by atoms with Gasteiger partial charge in [-0.25, -0.2) is 14.4 Å². The van der Waals surface area contributed by atoms with Crippen molar-refractivity contribution in [3.63, 3.8) is 0 Å². The van der Waals surface area contributed by atoms with Crippen LogP contribution in [0.2, 0.25) is 5.02 Å². The van der Waals surface area contributed by atoms with E-state index in [4.69, 9.17) is 28.8 Å². The zero-order chi connectivity index (χ0) is 46.8. The first-order valence-corrected chi connectivity index (χ1v) is 20.9. The molecule has 0 aliphatic carbocycles. The van der Waals surface area contributed by atoms with E-state index in [9.17, 15) is 48.9 Å². The molecular weight excluding hydrogens is 830 g/mol. The van der Waals surface area contributed by atoms with Crippen molar-refractivity contribution in [3.05, 3.63) is 28.9 Å². The minimum Gasteiger partial charge on any atom is -0.506 e. The van der Waals surface area contributed by atoms with Crippen LogP contribution in [0.3, 0.4) is 0 Å². The number of H-pyrrole nitrogens is 1. The van der Waals surface area contributed by atoms with Crippen molar-refractivity contribution in [1.82, 2.24) is 36.5 Å². The molecule has 6 amide bonds. The lowest BCUT2D eigenvalue weighted by atomic mass is 9.97. The standard InChI is InChI=1S/C40H64ClN11O10/c1-20(2)14-29(48-33(54)22(5)47-34(55)26(10-7-8-12-42)50-40(62)51-27(37(58)59)11-9-13-45-39(43)44)36(57)52(6)31(15-21(3)4)35(56)49-30(38(60)61)16-23-19-46-28-18-25(41)32(53)17-24(23)28/h17-22,26-27,29-31,46,53H,7-16,42H2,1-6H3,(H,47,55)(H,48,54)(H,49,56)(H,58,59)(H,60,61)(H4,43,44,45)(H2,50,51,62)/t22-,26-,27+,29-,30-,31-/m0/s1. The normalized spacial score (nSPS) is 14.2. The van der Waals surface area contributed by atoms with E-state index in [0.717, 1.165) is 0 Å². The number of aliphatic imine (C=N–C) groups is 1. The molecule has 2 rings (SSSR count). The Morgan fingerprint density at radius 2 is 1.37 bits per heavy atom. The second-order valence-electron chi connectivity index (χ2n) is 16.1. The molecular formula is C40H64ClN11O10. The fourth-order valence-electron chi connectivity index (χ4n) is 6.58. The largest absolute Gasteiger partial charge is 0.506 e. The number of benzene rings is 1. The van der Waals surface area contributed by atoms with Crippen LogP contribution in [0.25, 0.3) is 10.9 Å². The summed E-state index contributed by atoms with van der Waals surface area (Å²) < 4.78 is 0. The molecule has 1 aromatic heterocycles. The number of amides is 6. The maximum atomic E-state index is 14.2. The molecule has 0 fully saturated rings. The number of guanidine groups is 1. The highest BCUT2D eigenvalue weighted by atomic mass is 35.5. The molecule has 0 saturated carbocycles. The van der Waals surface area contributed by atoms with Crippen molar-refractivity contribution in [2.24, 2.45) is 34.0 Å². The Kier molecular flexibility index (Phi) is 21.3. The van der Waals surface area contributed by atoms with Crippen molar-refractivity contribution in [1.29, 1.82) is 0 Å². The van der Waals surface area contributed by atoms with E-state index in [2.05, 4.69) is 36.6 Å². The maximum Gasteiger partial charge on any atom is 0.326 e. The van der Waals surface area contributed by atoms with Gasteiger partial charge in [-0.15, -0.1) is 0 Å². The van der Waals surface area contributed by atoms with Gasteiger partial charge in [-0.2, -0.15) is 0 Å². The molecule has 15 N–H and O–H groups in total. The molecule has 0 spiro atoms. The highest BCUT2D eigenvalue weighted by Gasteiger charge is 2.36. The number of phenols is 1. The zero-order valence-corrected chi connectivity index (χ0v) is 36.9. The Hall–Kier alpha value is -5.83. The average molecular weight is 894 g/mol. The van der Waals surface area contributed by atoms with Gasteiger partial charge in [0.1, 0.15) is 42.0 Å². The number of aliphatic carboxylic acids is 2. The van der Waals surface area contributed by atoms with Crippen LogP contribution in [-0.4, -0.2) is 129 Å². The first-order chi connectivity index (χ1) is 29.0. The minimum atomic E-state index is -1.42. The molecule has 0 aliphatic rings. The van der Waals surface area contributed by atoms with Crippen LogP contribution >= 0.6 is 11.6 Å². The summed E-state index contributed by atoms with van der Waals surface area (Å²) in [5.41, 5.74) is 17.3. The number of aromatic hydroxyl groups is 1. The molecule has 2 aromatic rings. The summed E-state index contributed by atoms with van der Waals surface area (Å²) >= 11 is 6.02. The lowest BCUT2D eigenvalue weighted by molar-refractivity contribution is -0.145. The van der Waals surface area contributed by atoms with E-state index >= 15 is 0 Å². The number of carbonyl (C=O) groups excluding carboxylic acids is 5. The van der Waals surface area contributed by atoms with E-state index in [0.29, 0.717) is 35.9 Å². The van der Waals surface area contributed by atoms with Gasteiger partial charge >= 0.3 is 18.0 Å². The third kappa shape index (κ3) is 16.9. The summed E-state index contributed by atoms with van der Waals surface area (Å²) in [5, 5.41) is 43.1. The molecule has 21 nitrogen and oxygen atoms in total. The number of hydrogen-bond acceptors (Lipinski definition) is 10. The van der Waals surface area contributed by atoms with Gasteiger partial charge in [0, 0.05) is 37.1 Å². The highest BCUT2D eigenvalue weighted by molar-refractivity contribution is 6.32. The van der Waals surface area contributed by atoms with Gasteiger partial charge < -0.3 is 69.0 Å². The second kappa shape index (κ2) is 25.2. The zero-order valence-electron chi connectivity index (χ0n) is 36.1. The van der Waals surface area contributed by atoms with Crippen LogP contribution in [0.15, 0.2) is 23.3 Å². The summed E-state index contributed by atoms with van der Waals surface area (Å²) in [4.78, 5) is 100. The van der Waals surface area contributed by atoms with E-state index < -0.39 is 77.8 Å². The van der Waals surface area contributed by atoms with Gasteiger partial charge in [-0.1, -0.05) is 39.3 Å². The number of nitrogens with two attached hydrogens (primary N) is 3. The molecule has 346 valence electrons. The number of carboxylic acids is 2. The lowest BCUT2D eigenvalue weighted by Gasteiger charge is -2.33. The number of likely N-dealkylation sites (N-methyl/N-ethyl adjacent to an activating group) is 1. The van der Waals surface area contributed by atoms with Gasteiger partial charge in [0.15, 0.2) is 5.96 Å². The van der Waals surface area contributed by atoms with Gasteiger partial charge in [-0.3, -0.25) is 24.2 Å². The molecule has 0 bridgehead atoms. The number of aromatic nitrogens is 1. The average Bonchev–Trinajstić information content (AvgIpc) is 3.56. The summed E-state index contributed by atoms with van der Waals surface area (Å²) in [6.07, 6.45) is 2.94. The predicted molar refractivity (Wildman–Crippen MR) is 233 cm³/mol. The van der Waals surface area contributed by atoms with Crippen LogP contribution in [0, 0.1) is 11.8 Å². The first-order valence-electron chi connectivity index (χ1n) is 20.5. The third-order valence-corrected chi connectivity index (χ3v) is 10.2. The Morgan fingerprint density at radius 1 is 0.774 bits per heavy atom. The number of aromatic amines is 1. The van der Waals surface area contributed by atoms with Crippen molar-refractivity contribution in [2.75, 3.05) is 20.1 Å². The molecule has 0 aliphatic heterocycles. The van der Waals surface area contributed by atoms with Gasteiger partial charge in [0.2, 0.25) is 23.6 Å². The number of unbranched alkanes of at least 4 members (excludes halogenated alkanes) is 1. The third-order valence-electron chi connectivity index (χ3n) is 9.88. The van der Waals surface area contributed by atoms with E-state index in [-0.39, 0.29) is 73.6 Å². The quantitative estimate of drug-likeness (QED) is 0.0355. The molecule has 0 unspecified atom stereocenters. The van der Waals surface area contributed by atoms with Crippen LogP contribution in [0.1, 0.15) is 85.1 Å². The summed E-state index contributed by atoms with van der Waals surface area (Å²) in [7, 11) is 1.39. The number of halogens is 1. The molecule has 1 heterocycles. The number of hydrogen-bond donors (Lipinski definition) is 12. The molecule has 0 saturated heterocycles. The maximum absolute atomic E-state index is 14.2. The fraction of sp³-hybridized carbons (Fsp3) is 0.600. The van der Waals surface area contributed by atoms with Crippen molar-refractivity contribution < 1.29 is 48.9 Å². The number of carboxylic acid groups (broad SMARTS) is 2. The molecule has 62 heavy (non-hydrogen) atoms. The Bertz CT molecular complexity index is 1900. The van der Waals surface area contributed by atoms with Crippen molar-refractivity contribution in [3.8, 4) is 5.75 Å². The lowest BCUT2D eigenvalue weighted by Crippen LogP contribution is -2.59. The molecule has 1 aromatic carbocycles. The number of carbonyl (C=O) groups is 7. The second-order valence-corrected chi connectivity index (χ2v) is 16.5. The highest BCUT2D eigenvalue weighted by Crippen LogP contribution is 2.31. The monoisotopic (exact) mass is 893 g/mol. The van der Waals surface area contributed by atoms with E-state index in [1.807, 2.05) is 27.7 Å². The number of rotatable bonds is 26. The van der Waals surface area contributed by atoms with Crippen molar-refractivity contribution >= 4 is 70.1 Å². The van der Waals surface area contributed by atoms with E-state index in [1.54, 1.807) is 6.20 Å². The number of fused-ring (bicyclic) bond motifs is 1. The Balaban J connectivity index is 2.22. The topological polar surface area (TPSA) is 350 Å². The summed E-state index contributed by atoms with van der Waals surface area (Å²) in [6.45, 7) is 9.14. The van der Waals surface area contributed by atoms with Crippen LogP contribution in [0.4, 0.5) is 4.79 Å². The summed E-state index contributed by atoms with van der Waals surface area (Å²) in [5.74, 6) is -6.13. The van der Waals surface area contributed by atoms with Crippen LogP contribution in [0.5, 0.6) is 5.75 Å². The number of nitrogens with one attached hydrogen (secondary N) is 6. The molecule has 0 radical (unpaired) electrons. The number of phenolic OH excluding ortho intramolecular Hbond substituents is 1.